The number of carbonyl (C=O) groups excluding carboxylic acids is 1. The van der Waals surface area contributed by atoms with Gasteiger partial charge in [0.1, 0.15) is 5.69 Å². The van der Waals surface area contributed by atoms with Gasteiger partial charge in [-0.2, -0.15) is 5.10 Å². The minimum absolute atomic E-state index is 0.0590. The highest BCUT2D eigenvalue weighted by molar-refractivity contribution is 5.93. The van der Waals surface area contributed by atoms with Crippen LogP contribution in [0.4, 0.5) is 0 Å². The Labute approximate surface area is 173 Å². The molecule has 1 aromatic carbocycles. The van der Waals surface area contributed by atoms with Crippen molar-refractivity contribution in [1.82, 2.24) is 25.1 Å². The fourth-order valence-electron chi connectivity index (χ4n) is 4.28. The lowest BCUT2D eigenvalue weighted by Crippen LogP contribution is -2.40. The molecule has 1 aliphatic heterocycles. The standard InChI is InChI=1S/C22H23N5O3/c28-21-11-14-13-30-10-9-17(14)26-27(21)16-7-5-15(6-8-16)24-22(29)20-12-23-18-3-1-2-4-19(18)25-20/h1-4,11-12,15-16H,5-10,13H2,(H,24,29). The maximum Gasteiger partial charge on any atom is 0.271 e. The first kappa shape index (κ1) is 18.9. The second kappa shape index (κ2) is 7.95. The van der Waals surface area contributed by atoms with Gasteiger partial charge in [0.15, 0.2) is 0 Å². The predicted molar refractivity (Wildman–Crippen MR) is 110 cm³/mol. The van der Waals surface area contributed by atoms with Crippen molar-refractivity contribution in [1.29, 1.82) is 0 Å². The first-order valence-electron chi connectivity index (χ1n) is 10.4. The van der Waals surface area contributed by atoms with Crippen molar-refractivity contribution in [2.24, 2.45) is 0 Å². The van der Waals surface area contributed by atoms with E-state index in [1.165, 1.54) is 6.20 Å². The van der Waals surface area contributed by atoms with Crippen molar-refractivity contribution in [3.05, 3.63) is 63.8 Å². The molecule has 0 spiro atoms. The van der Waals surface area contributed by atoms with Gasteiger partial charge >= 0.3 is 0 Å². The molecule has 5 rings (SSSR count). The molecular weight excluding hydrogens is 382 g/mol. The van der Waals surface area contributed by atoms with Crippen molar-refractivity contribution in [3.8, 4) is 0 Å². The van der Waals surface area contributed by atoms with E-state index in [2.05, 4.69) is 20.4 Å². The van der Waals surface area contributed by atoms with E-state index in [9.17, 15) is 9.59 Å². The lowest BCUT2D eigenvalue weighted by atomic mass is 9.91. The first-order valence-corrected chi connectivity index (χ1v) is 10.4. The summed E-state index contributed by atoms with van der Waals surface area (Å²) in [5.74, 6) is -0.208. The third-order valence-electron chi connectivity index (χ3n) is 5.92. The lowest BCUT2D eigenvalue weighted by Gasteiger charge is -2.30. The molecule has 0 bridgehead atoms. The Morgan fingerprint density at radius 1 is 1.13 bits per heavy atom. The van der Waals surface area contributed by atoms with Gasteiger partial charge in [-0.15, -0.1) is 0 Å². The minimum atomic E-state index is -0.208. The van der Waals surface area contributed by atoms with E-state index in [0.29, 0.717) is 24.4 Å². The average Bonchev–Trinajstić information content (AvgIpc) is 2.79. The van der Waals surface area contributed by atoms with Crippen LogP contribution in [0.3, 0.4) is 0 Å². The van der Waals surface area contributed by atoms with Crippen LogP contribution in [0.5, 0.6) is 0 Å². The van der Waals surface area contributed by atoms with Gasteiger partial charge in [0.25, 0.3) is 11.5 Å². The van der Waals surface area contributed by atoms with Crippen LogP contribution in [0.2, 0.25) is 0 Å². The maximum atomic E-state index is 12.6. The summed E-state index contributed by atoms with van der Waals surface area (Å²) < 4.78 is 7.05. The first-order chi connectivity index (χ1) is 14.7. The minimum Gasteiger partial charge on any atom is -0.376 e. The highest BCUT2D eigenvalue weighted by Gasteiger charge is 2.26. The topological polar surface area (TPSA) is 99.0 Å². The lowest BCUT2D eigenvalue weighted by molar-refractivity contribution is 0.0915. The van der Waals surface area contributed by atoms with Crippen LogP contribution in [0, 0.1) is 0 Å². The van der Waals surface area contributed by atoms with Gasteiger partial charge in [-0.1, -0.05) is 12.1 Å². The van der Waals surface area contributed by atoms with Gasteiger partial charge in [-0.25, -0.2) is 9.67 Å². The quantitative estimate of drug-likeness (QED) is 0.717. The number of aromatic nitrogens is 4. The Morgan fingerprint density at radius 2 is 1.93 bits per heavy atom. The number of amides is 1. The second-order valence-electron chi connectivity index (χ2n) is 7.92. The van der Waals surface area contributed by atoms with Crippen LogP contribution >= 0.6 is 0 Å². The fourth-order valence-corrected chi connectivity index (χ4v) is 4.28. The molecule has 8 nitrogen and oxygen atoms in total. The molecule has 30 heavy (non-hydrogen) atoms. The molecular formula is C22H23N5O3. The molecule has 8 heteroatoms. The molecule has 3 heterocycles. The van der Waals surface area contributed by atoms with Gasteiger partial charge in [0.2, 0.25) is 0 Å². The zero-order chi connectivity index (χ0) is 20.5. The zero-order valence-electron chi connectivity index (χ0n) is 16.6. The number of carbonyl (C=O) groups is 1. The Hall–Kier alpha value is -3.13. The smallest absolute Gasteiger partial charge is 0.271 e. The Bertz CT molecular complexity index is 1150. The summed E-state index contributed by atoms with van der Waals surface area (Å²) >= 11 is 0. The fraction of sp³-hybridized carbons (Fsp3) is 0.409. The number of nitrogens with zero attached hydrogens (tertiary/aromatic N) is 4. The normalized spacial score (nSPS) is 21.2. The maximum absolute atomic E-state index is 12.6. The average molecular weight is 405 g/mol. The van der Waals surface area contributed by atoms with E-state index in [-0.39, 0.29) is 23.6 Å². The van der Waals surface area contributed by atoms with Gasteiger partial charge in [-0.3, -0.25) is 14.6 Å². The molecule has 0 saturated heterocycles. The van der Waals surface area contributed by atoms with Crippen LogP contribution < -0.4 is 10.9 Å². The highest BCUT2D eigenvalue weighted by atomic mass is 16.5. The number of hydrogen-bond donors (Lipinski definition) is 1. The molecule has 3 aromatic rings. The summed E-state index contributed by atoms with van der Waals surface area (Å²) in [6, 6.07) is 9.28. The number of para-hydroxylation sites is 2. The Kier molecular flexibility index (Phi) is 5.00. The van der Waals surface area contributed by atoms with E-state index in [0.717, 1.165) is 48.9 Å². The summed E-state index contributed by atoms with van der Waals surface area (Å²) in [6.45, 7) is 1.11. The van der Waals surface area contributed by atoms with Crippen LogP contribution in [-0.2, 0) is 17.8 Å². The van der Waals surface area contributed by atoms with Gasteiger partial charge < -0.3 is 10.1 Å². The van der Waals surface area contributed by atoms with E-state index >= 15 is 0 Å². The van der Waals surface area contributed by atoms with Crippen LogP contribution in [0.1, 0.15) is 53.5 Å². The molecule has 0 atom stereocenters. The van der Waals surface area contributed by atoms with Crippen molar-refractivity contribution in [2.75, 3.05) is 6.61 Å². The number of nitrogens with one attached hydrogen (secondary N) is 1. The number of rotatable bonds is 3. The second-order valence-corrected chi connectivity index (χ2v) is 7.92. The molecule has 154 valence electrons. The third-order valence-corrected chi connectivity index (χ3v) is 5.92. The van der Waals surface area contributed by atoms with Gasteiger partial charge in [0, 0.05) is 24.1 Å². The van der Waals surface area contributed by atoms with Crippen molar-refractivity contribution < 1.29 is 9.53 Å². The summed E-state index contributed by atoms with van der Waals surface area (Å²) in [5.41, 5.74) is 3.59. The molecule has 1 aliphatic carbocycles. The van der Waals surface area contributed by atoms with Crippen molar-refractivity contribution >= 4 is 16.9 Å². The molecule has 1 amide bonds. The van der Waals surface area contributed by atoms with Gasteiger partial charge in [0.05, 0.1) is 42.2 Å². The van der Waals surface area contributed by atoms with E-state index in [1.807, 2.05) is 24.3 Å². The highest BCUT2D eigenvalue weighted by Crippen LogP contribution is 2.27. The van der Waals surface area contributed by atoms with Crippen LogP contribution in [-0.4, -0.2) is 38.3 Å². The Balaban J connectivity index is 1.24. The zero-order valence-corrected chi connectivity index (χ0v) is 16.6. The monoisotopic (exact) mass is 405 g/mol. The molecule has 1 N–H and O–H groups in total. The molecule has 2 aromatic heterocycles. The third kappa shape index (κ3) is 3.70. The molecule has 0 unspecified atom stereocenters. The number of benzene rings is 1. The largest absolute Gasteiger partial charge is 0.376 e. The van der Waals surface area contributed by atoms with E-state index < -0.39 is 0 Å². The van der Waals surface area contributed by atoms with Crippen molar-refractivity contribution in [2.45, 2.75) is 50.8 Å². The van der Waals surface area contributed by atoms with Crippen molar-refractivity contribution in [3.63, 3.8) is 0 Å². The molecule has 1 fully saturated rings. The summed E-state index contributed by atoms with van der Waals surface area (Å²) in [5, 5.41) is 7.69. The van der Waals surface area contributed by atoms with Crippen LogP contribution in [0.25, 0.3) is 11.0 Å². The number of fused-ring (bicyclic) bond motifs is 2. The SMILES string of the molecule is O=C(NC1CCC(n2nc3c(cc2=O)COCC3)CC1)c1cnc2ccccc2n1. The molecule has 0 radical (unpaired) electrons. The number of ether oxygens (including phenoxy) is 1. The Morgan fingerprint density at radius 3 is 2.77 bits per heavy atom. The number of hydrogen-bond acceptors (Lipinski definition) is 6. The summed E-state index contributed by atoms with van der Waals surface area (Å²) in [6.07, 6.45) is 5.46. The van der Waals surface area contributed by atoms with Crippen LogP contribution in [0.15, 0.2) is 41.3 Å². The van der Waals surface area contributed by atoms with E-state index in [1.54, 1.807) is 10.7 Å². The summed E-state index contributed by atoms with van der Waals surface area (Å²) in [4.78, 5) is 33.9. The van der Waals surface area contributed by atoms with E-state index in [4.69, 9.17) is 4.74 Å². The molecule has 1 saturated carbocycles. The predicted octanol–water partition coefficient (Wildman–Crippen LogP) is 2.17. The summed E-state index contributed by atoms with van der Waals surface area (Å²) in [7, 11) is 0. The molecule has 2 aliphatic rings. The van der Waals surface area contributed by atoms with Gasteiger partial charge in [-0.05, 0) is 37.8 Å².